The van der Waals surface area contributed by atoms with Crippen molar-refractivity contribution in [1.29, 1.82) is 0 Å². The van der Waals surface area contributed by atoms with Gasteiger partial charge in [0.1, 0.15) is 6.10 Å². The van der Waals surface area contributed by atoms with Gasteiger partial charge in [0.05, 0.1) is 5.25 Å². The summed E-state index contributed by atoms with van der Waals surface area (Å²) < 4.78 is 23.4. The summed E-state index contributed by atoms with van der Waals surface area (Å²) in [6.07, 6.45) is 0.186. The van der Waals surface area contributed by atoms with E-state index < -0.39 is 21.2 Å². The second-order valence-corrected chi connectivity index (χ2v) is 8.08. The van der Waals surface area contributed by atoms with Crippen LogP contribution in [0.3, 0.4) is 0 Å². The topological polar surface area (TPSA) is 54.4 Å². The zero-order valence-electron chi connectivity index (χ0n) is 8.69. The third kappa shape index (κ3) is 3.03. The van der Waals surface area contributed by atoms with Crippen molar-refractivity contribution in [1.82, 2.24) is 0 Å². The van der Waals surface area contributed by atoms with E-state index in [-0.39, 0.29) is 0 Å². The van der Waals surface area contributed by atoms with E-state index in [2.05, 4.69) is 15.9 Å². The lowest BCUT2D eigenvalue weighted by Crippen LogP contribution is -2.23. The molecule has 1 rings (SSSR count). The first-order valence-corrected chi connectivity index (χ1v) is 7.92. The molecule has 0 amide bonds. The number of rotatable bonds is 3. The van der Waals surface area contributed by atoms with E-state index in [4.69, 9.17) is 0 Å². The lowest BCUT2D eigenvalue weighted by atomic mass is 10.2. The Balaban J connectivity index is 3.00. The van der Waals surface area contributed by atoms with Gasteiger partial charge in [-0.3, -0.25) is 0 Å². The maximum Gasteiger partial charge on any atom is 0.152 e. The van der Waals surface area contributed by atoms with Gasteiger partial charge in [0.2, 0.25) is 0 Å². The van der Waals surface area contributed by atoms with E-state index in [1.54, 1.807) is 6.07 Å². The fourth-order valence-electron chi connectivity index (χ4n) is 1.09. The quantitative estimate of drug-likeness (QED) is 0.931. The van der Waals surface area contributed by atoms with Gasteiger partial charge in [-0.05, 0) is 35.8 Å². The van der Waals surface area contributed by atoms with Crippen molar-refractivity contribution in [3.8, 4) is 0 Å². The largest absolute Gasteiger partial charge is 0.386 e. The molecule has 0 bridgehead atoms. The van der Waals surface area contributed by atoms with Crippen molar-refractivity contribution >= 4 is 37.1 Å². The fraction of sp³-hybridized carbons (Fsp3) is 0.556. The molecule has 1 N–H and O–H groups in total. The Morgan fingerprint density at radius 3 is 2.40 bits per heavy atom. The van der Waals surface area contributed by atoms with Gasteiger partial charge >= 0.3 is 0 Å². The van der Waals surface area contributed by atoms with Crippen LogP contribution in [-0.2, 0) is 9.84 Å². The summed E-state index contributed by atoms with van der Waals surface area (Å²) in [5, 5.41) is 9.10. The van der Waals surface area contributed by atoms with Crippen molar-refractivity contribution in [3.05, 3.63) is 20.3 Å². The van der Waals surface area contributed by atoms with E-state index in [0.717, 1.165) is 15.6 Å². The predicted molar refractivity (Wildman–Crippen MR) is 66.0 cm³/mol. The average molecular weight is 313 g/mol. The number of aliphatic hydroxyl groups is 1. The highest BCUT2D eigenvalue weighted by atomic mass is 79.9. The van der Waals surface area contributed by atoms with E-state index in [9.17, 15) is 13.5 Å². The van der Waals surface area contributed by atoms with Crippen LogP contribution in [0.4, 0.5) is 0 Å². The number of hydrogen-bond donors (Lipinski definition) is 1. The van der Waals surface area contributed by atoms with Crippen LogP contribution in [0.5, 0.6) is 0 Å². The summed E-state index contributed by atoms with van der Waals surface area (Å²) in [4.78, 5) is 1.71. The number of halogens is 1. The SMILES string of the molecule is Cc1sc(C(O)C(C)S(C)(=O)=O)cc1Br. The lowest BCUT2D eigenvalue weighted by molar-refractivity contribution is 0.180. The second-order valence-electron chi connectivity index (χ2n) is 3.53. The molecule has 0 aliphatic heterocycles. The molecule has 0 spiro atoms. The number of sulfone groups is 1. The molecule has 0 aliphatic rings. The summed E-state index contributed by atoms with van der Waals surface area (Å²) >= 11 is 4.74. The molecular formula is C9H13BrO3S2. The average Bonchev–Trinajstić information content (AvgIpc) is 2.43. The molecule has 0 aromatic carbocycles. The molecule has 0 saturated carbocycles. The molecule has 2 atom stereocenters. The minimum atomic E-state index is -3.21. The van der Waals surface area contributed by atoms with Gasteiger partial charge in [-0.15, -0.1) is 11.3 Å². The van der Waals surface area contributed by atoms with Gasteiger partial charge in [-0.2, -0.15) is 0 Å². The van der Waals surface area contributed by atoms with Gasteiger partial charge in [0.25, 0.3) is 0 Å². The Kier molecular flexibility index (Phi) is 3.97. The number of thiophene rings is 1. The molecule has 86 valence electrons. The molecule has 0 saturated heterocycles. The summed E-state index contributed by atoms with van der Waals surface area (Å²) in [5.74, 6) is 0. The molecule has 0 radical (unpaired) electrons. The molecule has 1 aromatic heterocycles. The maximum absolute atomic E-state index is 11.3. The maximum atomic E-state index is 11.3. The van der Waals surface area contributed by atoms with Gasteiger partial charge < -0.3 is 5.11 Å². The standard InChI is InChI=1S/C9H13BrO3S2/c1-5-7(10)4-8(14-5)9(11)6(2)15(3,12)13/h4,6,9,11H,1-3H3. The summed E-state index contributed by atoms with van der Waals surface area (Å²) in [5.41, 5.74) is 0. The van der Waals surface area contributed by atoms with Gasteiger partial charge in [-0.25, -0.2) is 8.42 Å². The van der Waals surface area contributed by atoms with Crippen LogP contribution in [0.25, 0.3) is 0 Å². The lowest BCUT2D eigenvalue weighted by Gasteiger charge is -2.15. The van der Waals surface area contributed by atoms with E-state index >= 15 is 0 Å². The number of aryl methyl sites for hydroxylation is 1. The first-order chi connectivity index (χ1) is 6.73. The highest BCUT2D eigenvalue weighted by molar-refractivity contribution is 9.10. The molecule has 0 fully saturated rings. The van der Waals surface area contributed by atoms with Crippen molar-refractivity contribution in [2.24, 2.45) is 0 Å². The van der Waals surface area contributed by atoms with E-state index in [1.165, 1.54) is 18.3 Å². The van der Waals surface area contributed by atoms with Crippen LogP contribution < -0.4 is 0 Å². The second kappa shape index (κ2) is 4.53. The molecule has 1 aromatic rings. The summed E-state index contributed by atoms with van der Waals surface area (Å²) in [6, 6.07) is 1.77. The smallest absolute Gasteiger partial charge is 0.152 e. The first kappa shape index (κ1) is 13.2. The van der Waals surface area contributed by atoms with Crippen LogP contribution in [0.15, 0.2) is 10.5 Å². The van der Waals surface area contributed by atoms with Crippen LogP contribution in [0, 0.1) is 6.92 Å². The van der Waals surface area contributed by atoms with Crippen molar-refractivity contribution in [2.45, 2.75) is 25.2 Å². The monoisotopic (exact) mass is 312 g/mol. The van der Waals surface area contributed by atoms with Crippen molar-refractivity contribution in [3.63, 3.8) is 0 Å². The third-order valence-electron chi connectivity index (χ3n) is 2.29. The Morgan fingerprint density at radius 2 is 2.07 bits per heavy atom. The zero-order valence-corrected chi connectivity index (χ0v) is 11.9. The van der Waals surface area contributed by atoms with Crippen LogP contribution in [-0.4, -0.2) is 25.0 Å². The highest BCUT2D eigenvalue weighted by Gasteiger charge is 2.26. The third-order valence-corrected chi connectivity index (χ3v) is 6.10. The van der Waals surface area contributed by atoms with Crippen molar-refractivity contribution in [2.75, 3.05) is 6.26 Å². The van der Waals surface area contributed by atoms with Crippen LogP contribution >= 0.6 is 27.3 Å². The minimum Gasteiger partial charge on any atom is -0.386 e. The predicted octanol–water partition coefficient (Wildman–Crippen LogP) is 2.29. The fourth-order valence-corrected chi connectivity index (χ4v) is 3.45. The van der Waals surface area contributed by atoms with Gasteiger partial charge in [0, 0.05) is 20.5 Å². The van der Waals surface area contributed by atoms with Gasteiger partial charge in [0.15, 0.2) is 9.84 Å². The first-order valence-electron chi connectivity index (χ1n) is 4.36. The molecule has 6 heteroatoms. The number of hydrogen-bond acceptors (Lipinski definition) is 4. The Labute approximate surface area is 102 Å². The molecule has 15 heavy (non-hydrogen) atoms. The Morgan fingerprint density at radius 1 is 1.53 bits per heavy atom. The van der Waals surface area contributed by atoms with Gasteiger partial charge in [-0.1, -0.05) is 0 Å². The van der Waals surface area contributed by atoms with E-state index in [0.29, 0.717) is 4.88 Å². The highest BCUT2D eigenvalue weighted by Crippen LogP contribution is 2.33. The molecule has 3 nitrogen and oxygen atoms in total. The van der Waals surface area contributed by atoms with Crippen molar-refractivity contribution < 1.29 is 13.5 Å². The Bertz CT molecular complexity index is 430. The Hall–Kier alpha value is 0.0900. The summed E-state index contributed by atoms with van der Waals surface area (Å²) in [7, 11) is -3.21. The molecule has 2 unspecified atom stereocenters. The normalized spacial score (nSPS) is 16.3. The molecule has 1 heterocycles. The molecule has 0 aliphatic carbocycles. The van der Waals surface area contributed by atoms with E-state index in [1.807, 2.05) is 6.92 Å². The molecular weight excluding hydrogens is 300 g/mol. The zero-order chi connectivity index (χ0) is 11.8. The van der Waals surface area contributed by atoms with Crippen LogP contribution in [0.2, 0.25) is 0 Å². The van der Waals surface area contributed by atoms with Crippen LogP contribution in [0.1, 0.15) is 22.8 Å². The summed E-state index contributed by atoms with van der Waals surface area (Å²) in [6.45, 7) is 3.43. The number of aliphatic hydroxyl groups excluding tert-OH is 1. The minimum absolute atomic E-state index is 0.678.